The molecule has 0 aliphatic rings. The Kier molecular flexibility index (Phi) is 6.43. The highest BCUT2D eigenvalue weighted by Crippen LogP contribution is 2.23. The number of hydrogen-bond acceptors (Lipinski definition) is 5. The summed E-state index contributed by atoms with van der Waals surface area (Å²) in [4.78, 5) is 12.8. The highest BCUT2D eigenvalue weighted by Gasteiger charge is 2.21. The van der Waals surface area contributed by atoms with Crippen molar-refractivity contribution in [1.29, 1.82) is 0 Å². The number of aryl methyl sites for hydroxylation is 1. The lowest BCUT2D eigenvalue weighted by Crippen LogP contribution is -2.15. The summed E-state index contributed by atoms with van der Waals surface area (Å²) in [7, 11) is 0. The molecule has 0 bridgehead atoms. The van der Waals surface area contributed by atoms with Gasteiger partial charge in [0.15, 0.2) is 5.69 Å². The number of aromatic nitrogens is 3. The molecule has 0 aliphatic carbocycles. The summed E-state index contributed by atoms with van der Waals surface area (Å²) < 4.78 is 26.4. The van der Waals surface area contributed by atoms with E-state index in [1.165, 1.54) is 23.0 Å². The molecule has 0 aliphatic heterocycles. The molecule has 2 aromatic carbocycles. The minimum atomic E-state index is -0.491. The zero-order chi connectivity index (χ0) is 22.7. The molecule has 4 aromatic rings. The van der Waals surface area contributed by atoms with Gasteiger partial charge in [-0.1, -0.05) is 40.5 Å². The Morgan fingerprint density at radius 2 is 2.03 bits per heavy atom. The van der Waals surface area contributed by atoms with E-state index in [0.717, 1.165) is 0 Å². The summed E-state index contributed by atoms with van der Waals surface area (Å²) in [6.45, 7) is 1.88. The summed E-state index contributed by atoms with van der Waals surface area (Å²) in [6, 6.07) is 11.4. The van der Waals surface area contributed by atoms with Gasteiger partial charge in [0, 0.05) is 21.8 Å². The first kappa shape index (κ1) is 21.9. The van der Waals surface area contributed by atoms with Gasteiger partial charge in [-0.15, -0.1) is 0 Å². The molecule has 0 fully saturated rings. The van der Waals surface area contributed by atoms with E-state index < -0.39 is 11.7 Å². The fourth-order valence-corrected chi connectivity index (χ4v) is 3.41. The second-order valence-electron chi connectivity index (χ2n) is 6.89. The van der Waals surface area contributed by atoms with E-state index >= 15 is 0 Å². The maximum absolute atomic E-state index is 14.0. The number of anilines is 1. The zero-order valence-corrected chi connectivity index (χ0v) is 18.3. The summed E-state index contributed by atoms with van der Waals surface area (Å²) in [6.07, 6.45) is 3.01. The number of ether oxygens (including phenoxy) is 1. The van der Waals surface area contributed by atoms with Crippen LogP contribution in [0.1, 0.15) is 27.4 Å². The van der Waals surface area contributed by atoms with E-state index in [2.05, 4.69) is 15.6 Å². The molecule has 1 amide bonds. The fourth-order valence-electron chi connectivity index (χ4n) is 3.00. The lowest BCUT2D eigenvalue weighted by Gasteiger charge is -2.07. The van der Waals surface area contributed by atoms with Gasteiger partial charge in [0.05, 0.1) is 24.0 Å². The van der Waals surface area contributed by atoms with Crippen molar-refractivity contribution in [2.75, 3.05) is 5.32 Å². The molecule has 10 heteroatoms. The number of carbonyl (C=O) groups excluding carboxylic acids is 1. The van der Waals surface area contributed by atoms with Gasteiger partial charge in [-0.2, -0.15) is 5.10 Å². The van der Waals surface area contributed by atoms with E-state index in [9.17, 15) is 9.18 Å². The molecule has 2 heterocycles. The van der Waals surface area contributed by atoms with Crippen LogP contribution in [0.15, 0.2) is 59.4 Å². The number of rotatable bonds is 7. The monoisotopic (exact) mass is 474 g/mol. The van der Waals surface area contributed by atoms with Gasteiger partial charge >= 0.3 is 0 Å². The van der Waals surface area contributed by atoms with E-state index in [0.29, 0.717) is 38.4 Å². The molecule has 0 unspecified atom stereocenters. The molecule has 1 N–H and O–H groups in total. The van der Waals surface area contributed by atoms with Gasteiger partial charge < -0.3 is 14.6 Å². The van der Waals surface area contributed by atoms with Gasteiger partial charge in [0.2, 0.25) is 0 Å². The van der Waals surface area contributed by atoms with Gasteiger partial charge in [0.25, 0.3) is 5.91 Å². The van der Waals surface area contributed by atoms with Crippen molar-refractivity contribution in [3.8, 4) is 5.75 Å². The van der Waals surface area contributed by atoms with Crippen LogP contribution in [0, 0.1) is 12.7 Å². The Bertz CT molecular complexity index is 1250. The van der Waals surface area contributed by atoms with Crippen LogP contribution in [0.4, 0.5) is 10.1 Å². The van der Waals surface area contributed by atoms with Crippen molar-refractivity contribution in [2.24, 2.45) is 0 Å². The molecule has 0 spiro atoms. The molecule has 0 saturated carbocycles. The molecular formula is C22H17Cl2FN4O3. The highest BCUT2D eigenvalue weighted by molar-refractivity contribution is 6.31. The van der Waals surface area contributed by atoms with Gasteiger partial charge in [-0.3, -0.25) is 9.48 Å². The van der Waals surface area contributed by atoms with Crippen LogP contribution in [0.5, 0.6) is 5.75 Å². The van der Waals surface area contributed by atoms with E-state index in [1.807, 2.05) is 0 Å². The molecule has 0 saturated heterocycles. The summed E-state index contributed by atoms with van der Waals surface area (Å²) in [5, 5.41) is 11.5. The Labute approximate surface area is 192 Å². The maximum atomic E-state index is 14.0. The number of nitrogens with one attached hydrogen (secondary N) is 1. The highest BCUT2D eigenvalue weighted by atomic mass is 35.5. The maximum Gasteiger partial charge on any atom is 0.278 e. The van der Waals surface area contributed by atoms with Crippen LogP contribution < -0.4 is 10.1 Å². The van der Waals surface area contributed by atoms with Gasteiger partial charge in [-0.25, -0.2) is 4.39 Å². The molecule has 0 atom stereocenters. The zero-order valence-electron chi connectivity index (χ0n) is 16.8. The van der Waals surface area contributed by atoms with Crippen LogP contribution in [-0.4, -0.2) is 20.8 Å². The predicted molar refractivity (Wildman–Crippen MR) is 118 cm³/mol. The first-order valence-corrected chi connectivity index (χ1v) is 10.3. The normalized spacial score (nSPS) is 10.9. The third kappa shape index (κ3) is 4.92. The molecule has 4 rings (SSSR count). The summed E-state index contributed by atoms with van der Waals surface area (Å²) in [5.41, 5.74) is 1.31. The number of amides is 1. The fraction of sp³-hybridized carbons (Fsp3) is 0.136. The van der Waals surface area contributed by atoms with Crippen molar-refractivity contribution < 1.29 is 18.4 Å². The van der Waals surface area contributed by atoms with Crippen LogP contribution in [0.3, 0.4) is 0 Å². The van der Waals surface area contributed by atoms with Crippen LogP contribution in [0.25, 0.3) is 0 Å². The third-order valence-electron chi connectivity index (χ3n) is 4.65. The van der Waals surface area contributed by atoms with Crippen molar-refractivity contribution in [2.45, 2.75) is 20.1 Å². The van der Waals surface area contributed by atoms with E-state index in [-0.39, 0.29) is 18.8 Å². The topological polar surface area (TPSA) is 82.2 Å². The predicted octanol–water partition coefficient (Wildman–Crippen LogP) is 5.51. The third-order valence-corrected chi connectivity index (χ3v) is 5.24. The number of nitrogens with zero attached hydrogens (tertiary/aromatic N) is 3. The van der Waals surface area contributed by atoms with Crippen LogP contribution in [0.2, 0.25) is 10.0 Å². The largest absolute Gasteiger partial charge is 0.489 e. The lowest BCUT2D eigenvalue weighted by molar-refractivity contribution is 0.101. The first-order valence-electron chi connectivity index (χ1n) is 9.51. The number of carbonyl (C=O) groups is 1. The molecular weight excluding hydrogens is 458 g/mol. The van der Waals surface area contributed by atoms with Gasteiger partial charge in [-0.05, 0) is 37.3 Å². The van der Waals surface area contributed by atoms with Crippen LogP contribution in [-0.2, 0) is 13.2 Å². The van der Waals surface area contributed by atoms with Crippen molar-refractivity contribution >= 4 is 34.8 Å². The number of benzene rings is 2. The minimum absolute atomic E-state index is 0.0729. The molecule has 7 nitrogen and oxygen atoms in total. The molecule has 32 heavy (non-hydrogen) atoms. The Hall–Kier alpha value is -3.36. The molecule has 164 valence electrons. The van der Waals surface area contributed by atoms with E-state index in [1.54, 1.807) is 43.5 Å². The van der Waals surface area contributed by atoms with Crippen LogP contribution >= 0.6 is 23.2 Å². The lowest BCUT2D eigenvalue weighted by atomic mass is 10.2. The van der Waals surface area contributed by atoms with Crippen molar-refractivity contribution in [1.82, 2.24) is 14.9 Å². The Morgan fingerprint density at radius 3 is 2.81 bits per heavy atom. The Morgan fingerprint density at radius 1 is 1.22 bits per heavy atom. The van der Waals surface area contributed by atoms with E-state index in [4.69, 9.17) is 32.5 Å². The SMILES string of the molecule is Cc1onc(C(=O)Nc2cnn(Cc3c(F)cccc3Cl)c2)c1COc1cccc(Cl)c1. The minimum Gasteiger partial charge on any atom is -0.489 e. The average Bonchev–Trinajstić information content (AvgIpc) is 3.35. The molecule has 0 radical (unpaired) electrons. The second kappa shape index (κ2) is 9.42. The summed E-state index contributed by atoms with van der Waals surface area (Å²) >= 11 is 12.0. The average molecular weight is 475 g/mol. The Balaban J connectivity index is 1.45. The smallest absolute Gasteiger partial charge is 0.278 e. The quantitative estimate of drug-likeness (QED) is 0.382. The molecule has 2 aromatic heterocycles. The summed E-state index contributed by atoms with van der Waals surface area (Å²) in [5.74, 6) is 0.0932. The van der Waals surface area contributed by atoms with Crippen molar-refractivity contribution in [3.05, 3.63) is 93.3 Å². The second-order valence-corrected chi connectivity index (χ2v) is 7.74. The van der Waals surface area contributed by atoms with Crippen molar-refractivity contribution in [3.63, 3.8) is 0 Å². The first-order chi connectivity index (χ1) is 15.4. The standard InChI is InChI=1S/C22H17Cl2FN4O3/c1-13-18(12-31-16-5-2-4-14(23)8-16)21(28-32-13)22(30)27-15-9-26-29(10-15)11-17-19(24)6-3-7-20(17)25/h2-10H,11-12H2,1H3,(H,27,30). The number of halogens is 3. The number of hydrogen-bond donors (Lipinski definition) is 1. The van der Waals surface area contributed by atoms with Gasteiger partial charge in [0.1, 0.15) is 23.9 Å².